The molecule has 24 heavy (non-hydrogen) atoms. The summed E-state index contributed by atoms with van der Waals surface area (Å²) < 4.78 is 8.08. The summed E-state index contributed by atoms with van der Waals surface area (Å²) in [7, 11) is 0. The Bertz CT molecular complexity index is 819. The van der Waals surface area contributed by atoms with E-state index >= 15 is 0 Å². The molecule has 1 aliphatic rings. The Morgan fingerprint density at radius 2 is 2.17 bits per heavy atom. The van der Waals surface area contributed by atoms with E-state index in [1.807, 2.05) is 18.5 Å². The number of halogens is 1. The van der Waals surface area contributed by atoms with Gasteiger partial charge >= 0.3 is 0 Å². The smallest absolute Gasteiger partial charge is 0.213 e. The van der Waals surface area contributed by atoms with Crippen LogP contribution in [0.5, 0.6) is 5.88 Å². The number of pyridine rings is 1. The number of nitrogens with zero attached hydrogens (tertiary/aromatic N) is 5. The van der Waals surface area contributed by atoms with Crippen molar-refractivity contribution in [2.75, 3.05) is 13.1 Å². The summed E-state index contributed by atoms with van der Waals surface area (Å²) in [5.41, 5.74) is 2.04. The Morgan fingerprint density at radius 3 is 3.04 bits per heavy atom. The van der Waals surface area contributed by atoms with Gasteiger partial charge < -0.3 is 4.74 Å². The lowest BCUT2D eigenvalue weighted by molar-refractivity contribution is 0.0800. The highest BCUT2D eigenvalue weighted by molar-refractivity contribution is 6.30. The van der Waals surface area contributed by atoms with Crippen LogP contribution in [0, 0.1) is 0 Å². The highest BCUT2D eigenvalue weighted by Crippen LogP contribution is 2.19. The summed E-state index contributed by atoms with van der Waals surface area (Å²) in [4.78, 5) is 15.1. The summed E-state index contributed by atoms with van der Waals surface area (Å²) in [5, 5.41) is 0.620. The van der Waals surface area contributed by atoms with Crippen LogP contribution in [-0.2, 0) is 6.54 Å². The van der Waals surface area contributed by atoms with E-state index < -0.39 is 0 Å². The first kappa shape index (κ1) is 15.4. The average Bonchev–Trinajstić information content (AvgIpc) is 3.01. The van der Waals surface area contributed by atoms with Gasteiger partial charge in [-0.05, 0) is 25.5 Å². The molecular weight excluding hydrogens is 326 g/mol. The second kappa shape index (κ2) is 6.75. The van der Waals surface area contributed by atoms with Gasteiger partial charge in [-0.3, -0.25) is 14.3 Å². The summed E-state index contributed by atoms with van der Waals surface area (Å²) in [6, 6.07) is 3.62. The molecule has 0 N–H and O–H groups in total. The zero-order valence-electron chi connectivity index (χ0n) is 13.2. The van der Waals surface area contributed by atoms with Gasteiger partial charge in [0.25, 0.3) is 0 Å². The predicted molar refractivity (Wildman–Crippen MR) is 91.2 cm³/mol. The number of rotatable bonds is 4. The molecule has 124 valence electrons. The van der Waals surface area contributed by atoms with Gasteiger partial charge in [0.1, 0.15) is 6.10 Å². The Balaban J connectivity index is 1.42. The fraction of sp³-hybridized carbons (Fsp3) is 0.353. The Hall–Kier alpha value is -2.18. The van der Waals surface area contributed by atoms with Crippen molar-refractivity contribution >= 4 is 17.2 Å². The van der Waals surface area contributed by atoms with E-state index in [1.165, 1.54) is 0 Å². The highest BCUT2D eigenvalue weighted by atomic mass is 35.5. The van der Waals surface area contributed by atoms with Crippen molar-refractivity contribution in [3.63, 3.8) is 0 Å². The third-order valence-electron chi connectivity index (χ3n) is 4.23. The molecule has 0 aromatic carbocycles. The monoisotopic (exact) mass is 343 g/mol. The SMILES string of the molecule is Clc1ccc(O[C@@H]2CCCN(Cc3cnc4cnccn34)C2)nc1. The summed E-state index contributed by atoms with van der Waals surface area (Å²) in [5.74, 6) is 0.632. The number of imidazole rings is 1. The maximum atomic E-state index is 6.00. The minimum atomic E-state index is 0.147. The highest BCUT2D eigenvalue weighted by Gasteiger charge is 2.22. The fourth-order valence-corrected chi connectivity index (χ4v) is 3.21. The standard InChI is InChI=1S/C17H18ClN5O/c18-13-3-4-17(21-8-13)24-15-2-1-6-22(12-15)11-14-9-20-16-10-19-5-7-23(14)16/h3-5,7-10,15H,1-2,6,11-12H2/t15-/m1/s1. The van der Waals surface area contributed by atoms with E-state index in [0.717, 1.165) is 43.8 Å². The molecule has 0 spiro atoms. The summed E-state index contributed by atoms with van der Waals surface area (Å²) >= 11 is 5.87. The van der Waals surface area contributed by atoms with Crippen LogP contribution in [0.15, 0.2) is 43.1 Å². The minimum Gasteiger partial charge on any atom is -0.473 e. The van der Waals surface area contributed by atoms with Crippen molar-refractivity contribution in [2.45, 2.75) is 25.5 Å². The number of hydrogen-bond donors (Lipinski definition) is 0. The van der Waals surface area contributed by atoms with E-state index in [2.05, 4.69) is 24.3 Å². The molecule has 3 aromatic rings. The van der Waals surface area contributed by atoms with Gasteiger partial charge in [0, 0.05) is 37.7 Å². The van der Waals surface area contributed by atoms with E-state index in [9.17, 15) is 0 Å². The zero-order valence-corrected chi connectivity index (χ0v) is 13.9. The number of ether oxygens (including phenoxy) is 1. The molecule has 0 saturated carbocycles. The van der Waals surface area contributed by atoms with E-state index in [1.54, 1.807) is 24.7 Å². The largest absolute Gasteiger partial charge is 0.473 e. The van der Waals surface area contributed by atoms with Gasteiger partial charge in [0.15, 0.2) is 5.65 Å². The molecule has 3 aromatic heterocycles. The van der Waals surface area contributed by atoms with Gasteiger partial charge in [-0.15, -0.1) is 0 Å². The summed E-state index contributed by atoms with van der Waals surface area (Å²) in [6.07, 6.45) is 11.3. The Morgan fingerprint density at radius 1 is 1.21 bits per heavy atom. The van der Waals surface area contributed by atoms with E-state index in [0.29, 0.717) is 10.9 Å². The van der Waals surface area contributed by atoms with Crippen LogP contribution in [0.25, 0.3) is 5.65 Å². The van der Waals surface area contributed by atoms with Crippen LogP contribution >= 0.6 is 11.6 Å². The fourth-order valence-electron chi connectivity index (χ4n) is 3.10. The molecule has 4 heterocycles. The van der Waals surface area contributed by atoms with Gasteiger partial charge in [-0.25, -0.2) is 9.97 Å². The molecule has 0 amide bonds. The second-order valence-corrected chi connectivity index (χ2v) is 6.42. The van der Waals surface area contributed by atoms with Crippen molar-refractivity contribution in [1.82, 2.24) is 24.3 Å². The van der Waals surface area contributed by atoms with Crippen LogP contribution in [0.4, 0.5) is 0 Å². The quantitative estimate of drug-likeness (QED) is 0.729. The zero-order chi connectivity index (χ0) is 16.4. The average molecular weight is 344 g/mol. The third-order valence-corrected chi connectivity index (χ3v) is 4.45. The molecule has 0 unspecified atom stereocenters. The maximum Gasteiger partial charge on any atom is 0.213 e. The first-order chi connectivity index (χ1) is 11.8. The van der Waals surface area contributed by atoms with Crippen molar-refractivity contribution in [3.8, 4) is 5.88 Å². The first-order valence-electron chi connectivity index (χ1n) is 8.04. The molecule has 0 radical (unpaired) electrons. The van der Waals surface area contributed by atoms with E-state index in [4.69, 9.17) is 16.3 Å². The molecule has 4 rings (SSSR count). The number of fused-ring (bicyclic) bond motifs is 1. The molecule has 1 atom stereocenters. The molecule has 7 heteroatoms. The van der Waals surface area contributed by atoms with Crippen LogP contribution in [0.2, 0.25) is 5.02 Å². The van der Waals surface area contributed by atoms with Gasteiger partial charge in [0.2, 0.25) is 5.88 Å². The molecule has 0 aliphatic carbocycles. The first-order valence-corrected chi connectivity index (χ1v) is 8.42. The van der Waals surface area contributed by atoms with Gasteiger partial charge in [-0.1, -0.05) is 11.6 Å². The van der Waals surface area contributed by atoms with Gasteiger partial charge in [-0.2, -0.15) is 0 Å². The minimum absolute atomic E-state index is 0.147. The third kappa shape index (κ3) is 3.34. The van der Waals surface area contributed by atoms with Crippen molar-refractivity contribution in [2.24, 2.45) is 0 Å². The second-order valence-electron chi connectivity index (χ2n) is 5.99. The lowest BCUT2D eigenvalue weighted by Crippen LogP contribution is -2.40. The van der Waals surface area contributed by atoms with Crippen LogP contribution in [-0.4, -0.2) is 43.4 Å². The lowest BCUT2D eigenvalue weighted by Gasteiger charge is -2.32. The molecule has 6 nitrogen and oxygen atoms in total. The summed E-state index contributed by atoms with van der Waals surface area (Å²) in [6.45, 7) is 2.79. The molecule has 1 fully saturated rings. The van der Waals surface area contributed by atoms with E-state index in [-0.39, 0.29) is 6.10 Å². The predicted octanol–water partition coefficient (Wildman–Crippen LogP) is 2.82. The van der Waals surface area contributed by atoms with Crippen molar-refractivity contribution in [1.29, 1.82) is 0 Å². The molecule has 1 saturated heterocycles. The normalized spacial score (nSPS) is 18.8. The molecule has 1 aliphatic heterocycles. The van der Waals surface area contributed by atoms with Crippen LogP contribution in [0.1, 0.15) is 18.5 Å². The van der Waals surface area contributed by atoms with Crippen LogP contribution in [0.3, 0.4) is 0 Å². The molecule has 0 bridgehead atoms. The number of likely N-dealkylation sites (tertiary alicyclic amines) is 1. The molecular formula is C17H18ClN5O. The lowest BCUT2D eigenvalue weighted by atomic mass is 10.1. The number of hydrogen-bond acceptors (Lipinski definition) is 5. The van der Waals surface area contributed by atoms with Crippen molar-refractivity contribution in [3.05, 3.63) is 53.8 Å². The van der Waals surface area contributed by atoms with Crippen LogP contribution < -0.4 is 4.74 Å². The topological polar surface area (TPSA) is 55.5 Å². The number of aromatic nitrogens is 4. The Kier molecular flexibility index (Phi) is 4.32. The number of piperidine rings is 1. The maximum absolute atomic E-state index is 6.00. The Labute approximate surface area is 145 Å². The van der Waals surface area contributed by atoms with Crippen molar-refractivity contribution < 1.29 is 4.74 Å². The van der Waals surface area contributed by atoms with Gasteiger partial charge in [0.05, 0.1) is 23.1 Å².